The van der Waals surface area contributed by atoms with Crippen LogP contribution in [0.3, 0.4) is 0 Å². The molecule has 12 heavy (non-hydrogen) atoms. The summed E-state index contributed by atoms with van der Waals surface area (Å²) in [6.07, 6.45) is -0.958. The zero-order valence-electron chi connectivity index (χ0n) is 6.66. The number of hydrogen-bond donors (Lipinski definition) is 5. The van der Waals surface area contributed by atoms with Crippen LogP contribution in [0.1, 0.15) is 6.42 Å². The molecule has 0 saturated carbocycles. The molecule has 6 nitrogen and oxygen atoms in total. The van der Waals surface area contributed by atoms with Crippen LogP contribution in [0.25, 0.3) is 0 Å². The zero-order valence-corrected chi connectivity index (χ0v) is 6.66. The second kappa shape index (κ2) is 6.84. The molecule has 0 aliphatic rings. The predicted molar refractivity (Wildman–Crippen MR) is 41.3 cm³/mol. The van der Waals surface area contributed by atoms with Gasteiger partial charge in [0.25, 0.3) is 0 Å². The van der Waals surface area contributed by atoms with Crippen LogP contribution in [-0.2, 0) is 0 Å². The van der Waals surface area contributed by atoms with Gasteiger partial charge in [-0.2, -0.15) is 0 Å². The van der Waals surface area contributed by atoms with E-state index in [0.29, 0.717) is 0 Å². The Morgan fingerprint density at radius 1 is 1.33 bits per heavy atom. The third-order valence-electron chi connectivity index (χ3n) is 1.10. The summed E-state index contributed by atoms with van der Waals surface area (Å²) < 4.78 is 0. The van der Waals surface area contributed by atoms with Crippen LogP contribution in [0.5, 0.6) is 0 Å². The molecule has 0 rings (SSSR count). The molecule has 72 valence electrons. The predicted octanol–water partition coefficient (Wildman–Crippen LogP) is -2.02. The average molecular weight is 178 g/mol. The molecule has 2 amide bonds. The topological polar surface area (TPSA) is 102 Å². The average Bonchev–Trinajstić information content (AvgIpc) is 2.01. The van der Waals surface area contributed by atoms with Crippen molar-refractivity contribution in [2.75, 3.05) is 19.8 Å². The molecule has 0 aromatic rings. The number of rotatable bonds is 5. The maximum Gasteiger partial charge on any atom is 0.316 e. The second-order valence-electron chi connectivity index (χ2n) is 2.15. The standard InChI is InChI=1S/C6H14N2O4/c9-3-1-5(11)8-6(12)7-2-4-10/h5,9-11H,1-4H2,(H2,7,8,12). The number of urea groups is 1. The van der Waals surface area contributed by atoms with E-state index in [4.69, 9.17) is 15.3 Å². The maximum atomic E-state index is 10.7. The van der Waals surface area contributed by atoms with Crippen molar-refractivity contribution in [1.29, 1.82) is 0 Å². The first-order chi connectivity index (χ1) is 5.70. The van der Waals surface area contributed by atoms with Crippen molar-refractivity contribution in [3.8, 4) is 0 Å². The highest BCUT2D eigenvalue weighted by Gasteiger charge is 2.05. The van der Waals surface area contributed by atoms with E-state index >= 15 is 0 Å². The molecule has 0 saturated heterocycles. The van der Waals surface area contributed by atoms with Crippen molar-refractivity contribution in [2.45, 2.75) is 12.6 Å². The van der Waals surface area contributed by atoms with Crippen molar-refractivity contribution in [3.63, 3.8) is 0 Å². The van der Waals surface area contributed by atoms with E-state index < -0.39 is 12.3 Å². The molecule has 0 spiro atoms. The fourth-order valence-corrected chi connectivity index (χ4v) is 0.566. The van der Waals surface area contributed by atoms with Crippen LogP contribution in [0, 0.1) is 0 Å². The van der Waals surface area contributed by atoms with Gasteiger partial charge in [0.05, 0.1) is 6.61 Å². The van der Waals surface area contributed by atoms with Gasteiger partial charge < -0.3 is 26.0 Å². The fraction of sp³-hybridized carbons (Fsp3) is 0.833. The quantitative estimate of drug-likeness (QED) is 0.313. The molecule has 0 aliphatic carbocycles. The molecule has 0 bridgehead atoms. The van der Waals surface area contributed by atoms with Gasteiger partial charge in [0.1, 0.15) is 6.23 Å². The van der Waals surface area contributed by atoms with E-state index in [1.165, 1.54) is 0 Å². The van der Waals surface area contributed by atoms with E-state index in [1.807, 2.05) is 0 Å². The summed E-state index contributed by atoms with van der Waals surface area (Å²) in [7, 11) is 0. The van der Waals surface area contributed by atoms with Gasteiger partial charge in [0.15, 0.2) is 0 Å². The first kappa shape index (κ1) is 11.2. The van der Waals surface area contributed by atoms with E-state index in [-0.39, 0.29) is 26.2 Å². The van der Waals surface area contributed by atoms with Crippen LogP contribution in [-0.4, -0.2) is 47.3 Å². The molecule has 0 aliphatic heterocycles. The smallest absolute Gasteiger partial charge is 0.316 e. The highest BCUT2D eigenvalue weighted by molar-refractivity contribution is 5.73. The van der Waals surface area contributed by atoms with E-state index in [0.717, 1.165) is 0 Å². The van der Waals surface area contributed by atoms with Crippen molar-refractivity contribution >= 4 is 6.03 Å². The number of amides is 2. The van der Waals surface area contributed by atoms with Crippen molar-refractivity contribution in [1.82, 2.24) is 10.6 Å². The lowest BCUT2D eigenvalue weighted by Crippen LogP contribution is -2.43. The molecule has 0 heterocycles. The monoisotopic (exact) mass is 178 g/mol. The number of hydrogen-bond acceptors (Lipinski definition) is 4. The molecular weight excluding hydrogens is 164 g/mol. The summed E-state index contributed by atoms with van der Waals surface area (Å²) >= 11 is 0. The Balaban J connectivity index is 3.40. The molecule has 0 aromatic carbocycles. The van der Waals surface area contributed by atoms with Gasteiger partial charge in [-0.25, -0.2) is 4.79 Å². The summed E-state index contributed by atoms with van der Waals surface area (Å²) in [4.78, 5) is 10.7. The lowest BCUT2D eigenvalue weighted by molar-refractivity contribution is 0.109. The van der Waals surface area contributed by atoms with E-state index in [2.05, 4.69) is 10.6 Å². The highest BCUT2D eigenvalue weighted by atomic mass is 16.3. The van der Waals surface area contributed by atoms with Crippen LogP contribution >= 0.6 is 0 Å². The number of carbonyl (C=O) groups is 1. The zero-order chi connectivity index (χ0) is 9.40. The molecule has 5 N–H and O–H groups in total. The Morgan fingerprint density at radius 2 is 2.00 bits per heavy atom. The summed E-state index contributed by atoms with van der Waals surface area (Å²) in [6.45, 7) is -0.206. The molecule has 0 fully saturated rings. The third kappa shape index (κ3) is 5.90. The van der Waals surface area contributed by atoms with Gasteiger partial charge in [-0.15, -0.1) is 0 Å². The summed E-state index contributed by atoms with van der Waals surface area (Å²) in [5.74, 6) is 0. The molecule has 0 aromatic heterocycles. The van der Waals surface area contributed by atoms with Gasteiger partial charge >= 0.3 is 6.03 Å². The maximum absolute atomic E-state index is 10.7. The molecule has 6 heteroatoms. The molecule has 1 atom stereocenters. The lowest BCUT2D eigenvalue weighted by atomic mass is 10.4. The first-order valence-corrected chi connectivity index (χ1v) is 3.65. The largest absolute Gasteiger partial charge is 0.396 e. The molecule has 1 unspecified atom stereocenters. The normalized spacial score (nSPS) is 12.2. The Kier molecular flexibility index (Phi) is 6.35. The van der Waals surface area contributed by atoms with Gasteiger partial charge in [-0.05, 0) is 0 Å². The Hall–Kier alpha value is -0.850. The van der Waals surface area contributed by atoms with Crippen molar-refractivity contribution in [2.24, 2.45) is 0 Å². The second-order valence-corrected chi connectivity index (χ2v) is 2.15. The van der Waals surface area contributed by atoms with Gasteiger partial charge in [0.2, 0.25) is 0 Å². The fourth-order valence-electron chi connectivity index (χ4n) is 0.566. The molecular formula is C6H14N2O4. The van der Waals surface area contributed by atoms with E-state index in [1.54, 1.807) is 0 Å². The Bertz CT molecular complexity index is 131. The van der Waals surface area contributed by atoms with Crippen LogP contribution in [0.4, 0.5) is 4.79 Å². The van der Waals surface area contributed by atoms with Gasteiger partial charge in [0, 0.05) is 19.6 Å². The van der Waals surface area contributed by atoms with Crippen LogP contribution in [0.2, 0.25) is 0 Å². The minimum absolute atomic E-state index is 0.0898. The number of aliphatic hydroxyl groups is 3. The SMILES string of the molecule is O=C(NCCO)NC(O)CCO. The van der Waals surface area contributed by atoms with Crippen LogP contribution in [0.15, 0.2) is 0 Å². The van der Waals surface area contributed by atoms with Crippen molar-refractivity contribution < 1.29 is 20.1 Å². The molecule has 0 radical (unpaired) electrons. The summed E-state index contributed by atoms with van der Waals surface area (Å²) in [6, 6.07) is -0.565. The van der Waals surface area contributed by atoms with Gasteiger partial charge in [-0.1, -0.05) is 0 Å². The van der Waals surface area contributed by atoms with Gasteiger partial charge in [-0.3, -0.25) is 0 Å². The lowest BCUT2D eigenvalue weighted by Gasteiger charge is -2.11. The Labute approximate surface area is 70.2 Å². The number of aliphatic hydroxyl groups excluding tert-OH is 3. The highest BCUT2D eigenvalue weighted by Crippen LogP contribution is 1.83. The first-order valence-electron chi connectivity index (χ1n) is 3.65. The van der Waals surface area contributed by atoms with Crippen LogP contribution < -0.4 is 10.6 Å². The van der Waals surface area contributed by atoms with Crippen molar-refractivity contribution in [3.05, 3.63) is 0 Å². The van der Waals surface area contributed by atoms with E-state index in [9.17, 15) is 4.79 Å². The minimum Gasteiger partial charge on any atom is -0.396 e. The number of carbonyl (C=O) groups excluding carboxylic acids is 1. The third-order valence-corrected chi connectivity index (χ3v) is 1.10. The summed E-state index contributed by atoms with van der Waals surface area (Å²) in [5.41, 5.74) is 0. The minimum atomic E-state index is -1.05. The Morgan fingerprint density at radius 3 is 2.50 bits per heavy atom. The number of nitrogens with one attached hydrogen (secondary N) is 2. The summed E-state index contributed by atoms with van der Waals surface area (Å²) in [5, 5.41) is 30.0.